The molecule has 0 aliphatic heterocycles. The van der Waals surface area contributed by atoms with E-state index in [9.17, 15) is 0 Å². The average Bonchev–Trinajstić information content (AvgIpc) is 3.32. The van der Waals surface area contributed by atoms with Crippen molar-refractivity contribution in [1.29, 1.82) is 0 Å². The first kappa shape index (κ1) is 17.4. The van der Waals surface area contributed by atoms with Gasteiger partial charge in [0.2, 0.25) is 0 Å². The Morgan fingerprint density at radius 3 is 2.03 bits per heavy atom. The molecule has 0 saturated heterocycles. The van der Waals surface area contributed by atoms with Crippen molar-refractivity contribution in [2.45, 2.75) is 13.0 Å². The maximum Gasteiger partial charge on any atom is 0.0912 e. The molecule has 0 amide bonds. The predicted octanol–water partition coefficient (Wildman–Crippen LogP) is 5.38. The number of hydrogen-bond acceptors (Lipinski definition) is 2. The zero-order chi connectivity index (χ0) is 19.8. The Bertz CT molecular complexity index is 1210. The van der Waals surface area contributed by atoms with E-state index in [1.807, 2.05) is 18.7 Å². The molecule has 0 aliphatic rings. The van der Waals surface area contributed by atoms with Crippen molar-refractivity contribution in [2.75, 3.05) is 0 Å². The molecule has 2 aromatic heterocycles. The highest BCUT2D eigenvalue weighted by atomic mass is 15.4. The SMILES string of the molecule is Cc1nnn(C)c1-c1ccc2ccn(C(c3ccccc3)c3ccccc3)c2c1. The fraction of sp³-hybridized carbons (Fsp3) is 0.120. The minimum absolute atomic E-state index is 0.107. The van der Waals surface area contributed by atoms with Gasteiger partial charge in [0.15, 0.2) is 0 Å². The summed E-state index contributed by atoms with van der Waals surface area (Å²) in [5.41, 5.74) is 6.84. The molecule has 4 nitrogen and oxygen atoms in total. The smallest absolute Gasteiger partial charge is 0.0912 e. The van der Waals surface area contributed by atoms with Crippen LogP contribution in [0, 0.1) is 6.92 Å². The Labute approximate surface area is 170 Å². The van der Waals surface area contributed by atoms with Gasteiger partial charge in [-0.05, 0) is 35.6 Å². The lowest BCUT2D eigenvalue weighted by Gasteiger charge is -2.22. The highest BCUT2D eigenvalue weighted by Crippen LogP contribution is 2.33. The van der Waals surface area contributed by atoms with Crippen molar-refractivity contribution in [1.82, 2.24) is 19.6 Å². The predicted molar refractivity (Wildman–Crippen MR) is 117 cm³/mol. The van der Waals surface area contributed by atoms with Crippen LogP contribution in [0.15, 0.2) is 91.1 Å². The highest BCUT2D eigenvalue weighted by molar-refractivity contribution is 5.85. The lowest BCUT2D eigenvalue weighted by Crippen LogP contribution is -2.11. The van der Waals surface area contributed by atoms with E-state index in [1.165, 1.54) is 22.0 Å². The van der Waals surface area contributed by atoms with Crippen LogP contribution in [0.2, 0.25) is 0 Å². The van der Waals surface area contributed by atoms with Gasteiger partial charge >= 0.3 is 0 Å². The van der Waals surface area contributed by atoms with Gasteiger partial charge in [0.1, 0.15) is 0 Å². The third-order valence-electron chi connectivity index (χ3n) is 5.50. The van der Waals surface area contributed by atoms with Crippen molar-refractivity contribution >= 4 is 10.9 Å². The van der Waals surface area contributed by atoms with Crippen LogP contribution in [-0.4, -0.2) is 19.6 Å². The second kappa shape index (κ2) is 7.06. The third kappa shape index (κ3) is 3.03. The number of nitrogens with zero attached hydrogens (tertiary/aromatic N) is 4. The van der Waals surface area contributed by atoms with E-state index in [-0.39, 0.29) is 6.04 Å². The van der Waals surface area contributed by atoms with Gasteiger partial charge in [0.25, 0.3) is 0 Å². The van der Waals surface area contributed by atoms with Crippen LogP contribution in [0.5, 0.6) is 0 Å². The summed E-state index contributed by atoms with van der Waals surface area (Å²) in [6.45, 7) is 2.00. The summed E-state index contributed by atoms with van der Waals surface area (Å²) in [7, 11) is 1.94. The molecule has 0 bridgehead atoms. The van der Waals surface area contributed by atoms with Crippen LogP contribution in [0.4, 0.5) is 0 Å². The number of fused-ring (bicyclic) bond motifs is 1. The normalized spacial score (nSPS) is 11.4. The van der Waals surface area contributed by atoms with Crippen LogP contribution >= 0.6 is 0 Å². The molecule has 0 atom stereocenters. The Balaban J connectivity index is 1.73. The molecule has 0 radical (unpaired) electrons. The summed E-state index contributed by atoms with van der Waals surface area (Å²) in [4.78, 5) is 0. The van der Waals surface area contributed by atoms with Gasteiger partial charge in [-0.15, -0.1) is 5.10 Å². The molecular formula is C25H22N4. The van der Waals surface area contributed by atoms with Crippen molar-refractivity contribution in [3.8, 4) is 11.3 Å². The molecule has 0 N–H and O–H groups in total. The minimum Gasteiger partial charge on any atom is -0.336 e. The summed E-state index contributed by atoms with van der Waals surface area (Å²) < 4.78 is 4.21. The number of rotatable bonds is 4. The van der Waals surface area contributed by atoms with Crippen molar-refractivity contribution in [3.63, 3.8) is 0 Å². The highest BCUT2D eigenvalue weighted by Gasteiger charge is 2.19. The zero-order valence-electron chi connectivity index (χ0n) is 16.5. The number of aryl methyl sites for hydroxylation is 2. The Morgan fingerprint density at radius 2 is 1.45 bits per heavy atom. The van der Waals surface area contributed by atoms with Crippen LogP contribution in [0.1, 0.15) is 22.9 Å². The molecule has 0 unspecified atom stereocenters. The first-order chi connectivity index (χ1) is 14.2. The summed E-state index contributed by atoms with van der Waals surface area (Å²) in [6.07, 6.45) is 2.19. The lowest BCUT2D eigenvalue weighted by molar-refractivity contribution is 0.704. The van der Waals surface area contributed by atoms with E-state index in [2.05, 4.69) is 106 Å². The number of hydrogen-bond donors (Lipinski definition) is 0. The minimum atomic E-state index is 0.107. The maximum absolute atomic E-state index is 4.22. The quantitative estimate of drug-likeness (QED) is 0.421. The number of benzene rings is 3. The van der Waals surface area contributed by atoms with Gasteiger partial charge in [-0.2, -0.15) is 0 Å². The molecule has 4 heteroatoms. The summed E-state index contributed by atoms with van der Waals surface area (Å²) in [6, 6.07) is 30.2. The Hall–Kier alpha value is -3.66. The van der Waals surface area contributed by atoms with Gasteiger partial charge < -0.3 is 4.57 Å². The molecule has 5 rings (SSSR count). The first-order valence-corrected chi connectivity index (χ1v) is 9.79. The third-order valence-corrected chi connectivity index (χ3v) is 5.50. The molecule has 0 saturated carbocycles. The average molecular weight is 378 g/mol. The maximum atomic E-state index is 4.22. The van der Waals surface area contributed by atoms with E-state index >= 15 is 0 Å². The van der Waals surface area contributed by atoms with Crippen LogP contribution in [0.3, 0.4) is 0 Å². The van der Waals surface area contributed by atoms with Crippen LogP contribution in [0.25, 0.3) is 22.2 Å². The molecule has 3 aromatic carbocycles. The summed E-state index contributed by atoms with van der Waals surface area (Å²) >= 11 is 0. The molecule has 0 spiro atoms. The molecule has 5 aromatic rings. The van der Waals surface area contributed by atoms with Crippen LogP contribution < -0.4 is 0 Å². The van der Waals surface area contributed by atoms with E-state index in [1.54, 1.807) is 0 Å². The van der Waals surface area contributed by atoms with Crippen molar-refractivity contribution in [3.05, 3.63) is 108 Å². The fourth-order valence-electron chi connectivity index (χ4n) is 4.16. The van der Waals surface area contributed by atoms with E-state index in [0.29, 0.717) is 0 Å². The van der Waals surface area contributed by atoms with Gasteiger partial charge in [-0.25, -0.2) is 4.68 Å². The van der Waals surface area contributed by atoms with Gasteiger partial charge in [-0.3, -0.25) is 0 Å². The summed E-state index contributed by atoms with van der Waals surface area (Å²) in [5.74, 6) is 0. The molecule has 29 heavy (non-hydrogen) atoms. The molecular weight excluding hydrogens is 356 g/mol. The first-order valence-electron chi connectivity index (χ1n) is 9.79. The zero-order valence-corrected chi connectivity index (χ0v) is 16.5. The second-order valence-electron chi connectivity index (χ2n) is 7.37. The van der Waals surface area contributed by atoms with Gasteiger partial charge in [0.05, 0.1) is 17.4 Å². The van der Waals surface area contributed by atoms with E-state index in [0.717, 1.165) is 17.0 Å². The number of aromatic nitrogens is 4. The lowest BCUT2D eigenvalue weighted by atomic mass is 9.98. The molecule has 0 fully saturated rings. The topological polar surface area (TPSA) is 35.6 Å². The molecule has 0 aliphatic carbocycles. The van der Waals surface area contributed by atoms with Crippen molar-refractivity contribution in [2.24, 2.45) is 7.05 Å². The fourth-order valence-corrected chi connectivity index (χ4v) is 4.16. The van der Waals surface area contributed by atoms with Gasteiger partial charge in [0, 0.05) is 24.3 Å². The largest absolute Gasteiger partial charge is 0.336 e. The summed E-state index contributed by atoms with van der Waals surface area (Å²) in [5, 5.41) is 9.61. The monoisotopic (exact) mass is 378 g/mol. The Kier molecular flexibility index (Phi) is 4.24. The molecule has 142 valence electrons. The van der Waals surface area contributed by atoms with Crippen molar-refractivity contribution < 1.29 is 0 Å². The standard InChI is InChI=1S/C25H22N4/c1-18-24(28(2)27-26-18)22-14-13-19-15-16-29(23(19)17-22)25(20-9-5-3-6-10-20)21-11-7-4-8-12-21/h3-17,25H,1-2H3. The second-order valence-corrected chi connectivity index (χ2v) is 7.37. The van der Waals surface area contributed by atoms with Crippen LogP contribution in [-0.2, 0) is 7.05 Å². The van der Waals surface area contributed by atoms with E-state index in [4.69, 9.17) is 0 Å². The van der Waals surface area contributed by atoms with Gasteiger partial charge in [-0.1, -0.05) is 78.0 Å². The Morgan fingerprint density at radius 1 is 0.793 bits per heavy atom. The van der Waals surface area contributed by atoms with E-state index < -0.39 is 0 Å². The molecule has 2 heterocycles.